The number of fused-ring (bicyclic) bond motifs is 1. The van der Waals surface area contributed by atoms with Gasteiger partial charge in [0.15, 0.2) is 0 Å². The zero-order chi connectivity index (χ0) is 42.4. The highest BCUT2D eigenvalue weighted by Crippen LogP contribution is 2.43. The first-order valence-electron chi connectivity index (χ1n) is 19.9. The van der Waals surface area contributed by atoms with E-state index in [1.807, 2.05) is 30.3 Å². The van der Waals surface area contributed by atoms with Crippen LogP contribution < -0.4 is 21.5 Å². The Morgan fingerprint density at radius 1 is 0.983 bits per heavy atom. The first-order chi connectivity index (χ1) is 27.9. The van der Waals surface area contributed by atoms with E-state index in [0.717, 1.165) is 24.8 Å². The van der Waals surface area contributed by atoms with Gasteiger partial charge in [0.25, 0.3) is 0 Å². The number of allylic oxidation sites excluding steroid dienone is 1. The van der Waals surface area contributed by atoms with Crippen molar-refractivity contribution in [2.24, 2.45) is 5.92 Å². The summed E-state index contributed by atoms with van der Waals surface area (Å²) in [6.45, 7) is 8.54. The molecule has 1 saturated heterocycles. The van der Waals surface area contributed by atoms with Crippen LogP contribution in [0.4, 0.5) is 0 Å². The molecular weight excluding hydrogens is 800 g/mol. The zero-order valence-corrected chi connectivity index (χ0v) is 36.3. The SMILES string of the molecule is CCOC(=O)C1=C(COCC[NH3+])NC(C)=C(C(=O)OC)[C@@H]1c1ccccc1Cl.CCOC(=O)[C@H](CCc1ccccc1)N[C@@H](C)C(=O)N1[C@H](C(=O)[O-])C[C@@H]2CCC[C@@H]21.S. The highest BCUT2D eigenvalue weighted by Gasteiger charge is 2.47. The van der Waals surface area contributed by atoms with Gasteiger partial charge < -0.3 is 44.8 Å². The van der Waals surface area contributed by atoms with Crippen molar-refractivity contribution in [1.29, 1.82) is 0 Å². The summed E-state index contributed by atoms with van der Waals surface area (Å²) in [6.07, 6.45) is 4.37. The van der Waals surface area contributed by atoms with Crippen LogP contribution in [-0.2, 0) is 49.3 Å². The molecule has 16 heteroatoms. The average molecular weight is 859 g/mol. The van der Waals surface area contributed by atoms with Gasteiger partial charge in [0.2, 0.25) is 5.91 Å². The van der Waals surface area contributed by atoms with Gasteiger partial charge in [-0.25, -0.2) is 9.59 Å². The molecule has 324 valence electrons. The summed E-state index contributed by atoms with van der Waals surface area (Å²) in [7, 11) is 1.30. The highest BCUT2D eigenvalue weighted by molar-refractivity contribution is 7.59. The average Bonchev–Trinajstić information content (AvgIpc) is 3.82. The number of carboxylic acid groups (broad SMARTS) is 1. The molecule has 5 N–H and O–H groups in total. The fourth-order valence-electron chi connectivity index (χ4n) is 8.02. The second-order valence-electron chi connectivity index (χ2n) is 14.4. The van der Waals surface area contributed by atoms with Gasteiger partial charge in [0.1, 0.15) is 6.04 Å². The number of benzene rings is 2. The molecule has 6 atom stereocenters. The monoisotopic (exact) mass is 858 g/mol. The number of esters is 3. The number of ether oxygens (including phenoxy) is 4. The van der Waals surface area contributed by atoms with Crippen LogP contribution >= 0.6 is 25.1 Å². The first-order valence-corrected chi connectivity index (χ1v) is 20.3. The van der Waals surface area contributed by atoms with Crippen molar-refractivity contribution in [3.8, 4) is 0 Å². The smallest absolute Gasteiger partial charge is 0.336 e. The van der Waals surface area contributed by atoms with Gasteiger partial charge in [0.05, 0.1) is 80.9 Å². The fraction of sp³-hybridized carbons (Fsp3) is 0.512. The molecule has 0 aromatic heterocycles. The molecule has 2 aromatic carbocycles. The number of methoxy groups -OCH3 is 1. The van der Waals surface area contributed by atoms with Crippen LogP contribution in [0, 0.1) is 5.92 Å². The Kier molecular flexibility index (Phi) is 19.9. The number of carbonyl (C=O) groups is 5. The van der Waals surface area contributed by atoms with E-state index in [0.29, 0.717) is 60.0 Å². The van der Waals surface area contributed by atoms with Crippen molar-refractivity contribution in [2.45, 2.75) is 96.3 Å². The normalized spacial score (nSPS) is 20.6. The molecule has 1 aliphatic carbocycles. The van der Waals surface area contributed by atoms with Crippen molar-refractivity contribution in [3.05, 3.63) is 93.3 Å². The molecule has 1 amide bonds. The summed E-state index contributed by atoms with van der Waals surface area (Å²) in [5.41, 5.74) is 7.14. The summed E-state index contributed by atoms with van der Waals surface area (Å²) >= 11 is 6.43. The number of aryl methyl sites for hydroxylation is 1. The summed E-state index contributed by atoms with van der Waals surface area (Å²) in [5, 5.41) is 18.3. The second kappa shape index (κ2) is 24.0. The third-order valence-electron chi connectivity index (χ3n) is 10.6. The number of nitrogens with zero attached hydrogens (tertiary/aromatic N) is 1. The number of hydrogen-bond donors (Lipinski definition) is 3. The molecule has 59 heavy (non-hydrogen) atoms. The van der Waals surface area contributed by atoms with Crippen molar-refractivity contribution >= 4 is 54.9 Å². The number of dihydropyridines is 1. The predicted molar refractivity (Wildman–Crippen MR) is 224 cm³/mol. The number of carbonyl (C=O) groups excluding carboxylic acids is 5. The van der Waals surface area contributed by atoms with Gasteiger partial charge in [-0.3, -0.25) is 14.9 Å². The first kappa shape index (κ1) is 49.0. The molecule has 1 saturated carbocycles. The van der Waals surface area contributed by atoms with Crippen molar-refractivity contribution < 1.29 is 53.8 Å². The Morgan fingerprint density at radius 2 is 1.66 bits per heavy atom. The lowest BCUT2D eigenvalue weighted by atomic mass is 9.80. The van der Waals surface area contributed by atoms with E-state index in [-0.39, 0.29) is 56.8 Å². The Hall–Kier alpha value is -4.41. The largest absolute Gasteiger partial charge is 0.548 e. The van der Waals surface area contributed by atoms with Gasteiger partial charge in [-0.05, 0) is 82.9 Å². The Balaban J connectivity index is 0.000000311. The third kappa shape index (κ3) is 12.6. The Morgan fingerprint density at radius 3 is 2.29 bits per heavy atom. The number of carboxylic acids is 1. The number of aliphatic carboxylic acids is 1. The van der Waals surface area contributed by atoms with Gasteiger partial charge in [-0.1, -0.05) is 66.6 Å². The fourth-order valence-corrected chi connectivity index (χ4v) is 8.26. The van der Waals surface area contributed by atoms with Crippen LogP contribution in [0.5, 0.6) is 0 Å². The third-order valence-corrected chi connectivity index (χ3v) is 11.0. The highest BCUT2D eigenvalue weighted by atomic mass is 35.5. The zero-order valence-electron chi connectivity index (χ0n) is 34.6. The molecule has 5 rings (SSSR count). The van der Waals surface area contributed by atoms with Crippen LogP contribution in [0.25, 0.3) is 0 Å². The minimum Gasteiger partial charge on any atom is -0.548 e. The molecule has 0 radical (unpaired) electrons. The lowest BCUT2D eigenvalue weighted by Crippen LogP contribution is -2.57. The standard InChI is InChI=1S/C23H32N2O5.C20H25ClN2O5.H2S/c1-3-30-23(29)18(13-12-16-8-5-4-6-9-16)24-15(2)21(26)25-19-11-7-10-17(19)14-20(25)22(27)28;1-4-28-20(25)18-15(11-27-10-9-22)23-12(2)16(19(24)26-3)17(18)13-7-5-6-8-14(13)21;/h4-6,8-9,15,17-20,24H,3,7,10-14H2,1-2H3,(H,27,28);5-8,17,23H,4,9-11,22H2,1-3H3;1H2/t15-,17-,18-,19-,20-;17-;/m00./s1. The van der Waals surface area contributed by atoms with E-state index < -0.39 is 47.9 Å². The van der Waals surface area contributed by atoms with Crippen molar-refractivity contribution in [1.82, 2.24) is 15.5 Å². The topological polar surface area (TPSA) is 200 Å². The molecule has 2 aliphatic heterocycles. The van der Waals surface area contributed by atoms with Gasteiger partial charge in [0, 0.05) is 16.8 Å². The number of quaternary nitrogens is 1. The number of rotatable bonds is 17. The van der Waals surface area contributed by atoms with Crippen LogP contribution in [-0.4, -0.2) is 98.9 Å². The number of nitrogens with one attached hydrogen (secondary N) is 2. The van der Waals surface area contributed by atoms with Crippen molar-refractivity contribution in [3.63, 3.8) is 0 Å². The van der Waals surface area contributed by atoms with Crippen LogP contribution in [0.1, 0.15) is 76.8 Å². The molecule has 2 heterocycles. The van der Waals surface area contributed by atoms with E-state index in [1.54, 1.807) is 52.0 Å². The van der Waals surface area contributed by atoms with E-state index in [1.165, 1.54) is 12.0 Å². The van der Waals surface area contributed by atoms with Crippen molar-refractivity contribution in [2.75, 3.05) is 40.1 Å². The molecule has 0 bridgehead atoms. The molecule has 14 nitrogen and oxygen atoms in total. The molecule has 0 unspecified atom stereocenters. The number of hydrogen-bond acceptors (Lipinski definition) is 12. The molecule has 3 aliphatic rings. The Bertz CT molecular complexity index is 1830. The van der Waals surface area contributed by atoms with Crippen LogP contribution in [0.15, 0.2) is 77.1 Å². The Labute approximate surface area is 358 Å². The van der Waals surface area contributed by atoms with Crippen LogP contribution in [0.3, 0.4) is 0 Å². The van der Waals surface area contributed by atoms with E-state index in [2.05, 4.69) is 16.4 Å². The van der Waals surface area contributed by atoms with Gasteiger partial charge in [-0.15, -0.1) is 0 Å². The van der Waals surface area contributed by atoms with E-state index in [4.69, 9.17) is 30.5 Å². The lowest BCUT2D eigenvalue weighted by Gasteiger charge is -2.33. The van der Waals surface area contributed by atoms with Gasteiger partial charge in [-0.2, -0.15) is 13.5 Å². The van der Waals surface area contributed by atoms with Crippen LogP contribution in [0.2, 0.25) is 5.02 Å². The molecular formula is C43H59ClN4O10S. The van der Waals surface area contributed by atoms with Gasteiger partial charge >= 0.3 is 17.9 Å². The maximum Gasteiger partial charge on any atom is 0.336 e. The quantitative estimate of drug-likeness (QED) is 0.120. The maximum absolute atomic E-state index is 13.2. The molecule has 2 fully saturated rings. The molecule has 2 aromatic rings. The lowest BCUT2D eigenvalue weighted by molar-refractivity contribution is -0.373. The summed E-state index contributed by atoms with van der Waals surface area (Å²) in [6, 6.07) is 14.6. The predicted octanol–water partition coefficient (Wildman–Crippen LogP) is 2.71. The summed E-state index contributed by atoms with van der Waals surface area (Å²) < 4.78 is 21.1. The maximum atomic E-state index is 13.2. The van der Waals surface area contributed by atoms with E-state index in [9.17, 15) is 29.1 Å². The number of likely N-dealkylation sites (tertiary alicyclic amines) is 1. The summed E-state index contributed by atoms with van der Waals surface area (Å²) in [5.74, 6) is -3.48. The number of amides is 1. The second-order valence-corrected chi connectivity index (χ2v) is 14.8. The number of halogens is 1. The minimum absolute atomic E-state index is 0. The van der Waals surface area contributed by atoms with E-state index >= 15 is 0 Å². The summed E-state index contributed by atoms with van der Waals surface area (Å²) in [4.78, 5) is 64.3. The minimum atomic E-state index is -1.20. The molecule has 0 spiro atoms.